The molecule has 0 bridgehead atoms. The van der Waals surface area contributed by atoms with Crippen molar-refractivity contribution in [1.29, 1.82) is 0 Å². The number of alkyl carbamates (subject to hydrolysis) is 1. The highest BCUT2D eigenvalue weighted by Gasteiger charge is 2.67. The molecule has 1 aromatic heterocycles. The lowest BCUT2D eigenvalue weighted by atomic mass is 9.98. The van der Waals surface area contributed by atoms with Crippen molar-refractivity contribution in [3.63, 3.8) is 0 Å². The summed E-state index contributed by atoms with van der Waals surface area (Å²) in [4.78, 5) is 64.6. The number of unbranched alkanes of at least 4 members (excludes halogenated alkanes) is 2. The van der Waals surface area contributed by atoms with Crippen LogP contribution in [0.3, 0.4) is 0 Å². The number of methoxy groups -OCH3 is 1. The molecule has 0 unspecified atom stereocenters. The van der Waals surface area contributed by atoms with Gasteiger partial charge in [-0.15, -0.1) is 0 Å². The lowest BCUT2D eigenvalue weighted by molar-refractivity contribution is -0.140. The molecule has 3 aliphatic carbocycles. The predicted molar refractivity (Wildman–Crippen MR) is 190 cm³/mol. The summed E-state index contributed by atoms with van der Waals surface area (Å²) in [6.07, 6.45) is -0.0952. The van der Waals surface area contributed by atoms with Crippen molar-refractivity contribution in [2.45, 2.75) is 120 Å². The molecule has 2 heterocycles. The van der Waals surface area contributed by atoms with Crippen LogP contribution in [0, 0.1) is 11.8 Å². The van der Waals surface area contributed by atoms with Gasteiger partial charge in [-0.1, -0.05) is 26.7 Å². The van der Waals surface area contributed by atoms with Gasteiger partial charge in [0.2, 0.25) is 34.1 Å². The van der Waals surface area contributed by atoms with Crippen molar-refractivity contribution < 1.29 is 50.6 Å². The van der Waals surface area contributed by atoms with Crippen molar-refractivity contribution in [3.05, 3.63) is 23.9 Å². The second kappa shape index (κ2) is 14.7. The van der Waals surface area contributed by atoms with E-state index in [2.05, 4.69) is 17.6 Å². The van der Waals surface area contributed by atoms with E-state index < -0.39 is 93.1 Å². The molecule has 296 valence electrons. The number of sulfonamides is 1. The first kappa shape index (κ1) is 39.3. The highest BCUT2D eigenvalue weighted by molar-refractivity contribution is 7.91. The first-order chi connectivity index (χ1) is 25.4. The molecule has 0 radical (unpaired) electrons. The molecule has 15 nitrogen and oxygen atoms in total. The minimum atomic E-state index is -4.22. The molecule has 54 heavy (non-hydrogen) atoms. The molecular weight excluding hydrogens is 730 g/mol. The molecule has 6 rings (SSSR count). The number of aromatic nitrogens is 2. The van der Waals surface area contributed by atoms with Crippen LogP contribution in [0.15, 0.2) is 18.2 Å². The number of alkyl halides is 2. The van der Waals surface area contributed by atoms with E-state index in [-0.39, 0.29) is 12.4 Å². The number of fused-ring (bicyclic) bond motifs is 1. The number of amides is 4. The van der Waals surface area contributed by atoms with Gasteiger partial charge in [-0.2, -0.15) is 0 Å². The highest BCUT2D eigenvalue weighted by Crippen LogP contribution is 2.49. The summed E-state index contributed by atoms with van der Waals surface area (Å²) in [5, 5.41) is 4.84. The summed E-state index contributed by atoms with van der Waals surface area (Å²) >= 11 is 0. The van der Waals surface area contributed by atoms with Crippen LogP contribution in [0.2, 0.25) is 0 Å². The van der Waals surface area contributed by atoms with Crippen LogP contribution in [-0.2, 0) is 35.6 Å². The van der Waals surface area contributed by atoms with Gasteiger partial charge in [0.25, 0.3) is 5.91 Å². The van der Waals surface area contributed by atoms with Crippen LogP contribution < -0.4 is 24.8 Å². The number of hydrogen-bond donors (Lipinski definition) is 3. The number of aryl methyl sites for hydroxylation is 1. The number of ether oxygens (including phenoxy) is 3. The number of carbonyl (C=O) groups is 4. The molecule has 0 spiro atoms. The molecule has 5 atom stereocenters. The van der Waals surface area contributed by atoms with Gasteiger partial charge in [-0.3, -0.25) is 19.1 Å². The summed E-state index contributed by atoms with van der Waals surface area (Å²) in [5.74, 6) is -4.66. The predicted octanol–water partition coefficient (Wildman–Crippen LogP) is 3.38. The van der Waals surface area contributed by atoms with Gasteiger partial charge in [0, 0.05) is 12.0 Å². The summed E-state index contributed by atoms with van der Waals surface area (Å²) in [6.45, 7) is 6.16. The van der Waals surface area contributed by atoms with E-state index in [1.54, 1.807) is 32.0 Å². The SMILES string of the molecule is CCCCCc1nc2ccc(OC)cc2nc1O[C@H]1CN(C(=O)CNC(=O)OC2(C)CC2)[C@H](C(=O)N[C@]2(C(=O)NS(=O)(=O)C3(C)CC3)C[C@H]2C(F)F)[C@@H]1C. The Kier molecular flexibility index (Phi) is 10.7. The normalized spacial score (nSPS) is 26.2. The second-order valence-electron chi connectivity index (χ2n) is 15.5. The number of likely N-dealkylation sites (tertiary alicyclic amines) is 1. The van der Waals surface area contributed by atoms with Gasteiger partial charge in [0.1, 0.15) is 41.3 Å². The fourth-order valence-corrected chi connectivity index (χ4v) is 8.10. The topological polar surface area (TPSA) is 195 Å². The van der Waals surface area contributed by atoms with E-state index in [0.29, 0.717) is 54.6 Å². The first-order valence-electron chi connectivity index (χ1n) is 18.4. The minimum Gasteiger partial charge on any atom is -0.497 e. The van der Waals surface area contributed by atoms with E-state index in [0.717, 1.165) is 24.2 Å². The highest BCUT2D eigenvalue weighted by atomic mass is 32.2. The van der Waals surface area contributed by atoms with Crippen LogP contribution in [0.4, 0.5) is 13.6 Å². The Hall–Kier alpha value is -4.35. The molecule has 2 aromatic rings. The van der Waals surface area contributed by atoms with Gasteiger partial charge in [0.15, 0.2) is 0 Å². The zero-order valence-corrected chi connectivity index (χ0v) is 31.9. The number of rotatable bonds is 16. The van der Waals surface area contributed by atoms with Gasteiger partial charge in [0.05, 0.1) is 35.4 Å². The van der Waals surface area contributed by atoms with E-state index in [4.69, 9.17) is 24.2 Å². The molecule has 1 aliphatic heterocycles. The monoisotopic (exact) mass is 778 g/mol. The molecule has 4 fully saturated rings. The van der Waals surface area contributed by atoms with E-state index in [1.165, 1.54) is 14.0 Å². The van der Waals surface area contributed by atoms with E-state index in [9.17, 15) is 36.4 Å². The number of halogens is 2. The van der Waals surface area contributed by atoms with Crippen LogP contribution in [0.5, 0.6) is 11.6 Å². The largest absolute Gasteiger partial charge is 0.497 e. The average Bonchev–Trinajstić information content (AvgIpc) is 4.07. The number of carbonyl (C=O) groups excluding carboxylic acids is 4. The molecule has 3 saturated carbocycles. The summed E-state index contributed by atoms with van der Waals surface area (Å²) in [7, 11) is -2.70. The minimum absolute atomic E-state index is 0.178. The van der Waals surface area contributed by atoms with Crippen LogP contribution in [0.1, 0.15) is 84.8 Å². The Labute approximate surface area is 312 Å². The third-order valence-corrected chi connectivity index (χ3v) is 13.3. The zero-order valence-electron chi connectivity index (χ0n) is 31.1. The van der Waals surface area contributed by atoms with Crippen molar-refractivity contribution >= 4 is 44.9 Å². The molecule has 1 saturated heterocycles. The maximum Gasteiger partial charge on any atom is 0.408 e. The number of nitrogens with zero attached hydrogens (tertiary/aromatic N) is 3. The third-order valence-electron chi connectivity index (χ3n) is 11.2. The molecule has 4 amide bonds. The average molecular weight is 779 g/mol. The molecular formula is C36H48F2N6O9S. The summed E-state index contributed by atoms with van der Waals surface area (Å²) < 4.78 is 72.0. The number of benzene rings is 1. The van der Waals surface area contributed by atoms with Crippen LogP contribution >= 0.6 is 0 Å². The van der Waals surface area contributed by atoms with Gasteiger partial charge >= 0.3 is 6.09 Å². The Morgan fingerprint density at radius 1 is 1.06 bits per heavy atom. The van der Waals surface area contributed by atoms with Gasteiger partial charge in [-0.05, 0) is 70.9 Å². The molecule has 4 aliphatic rings. The molecule has 3 N–H and O–H groups in total. The summed E-state index contributed by atoms with van der Waals surface area (Å²) in [5.41, 5.74) is -1.18. The van der Waals surface area contributed by atoms with Crippen molar-refractivity contribution in [3.8, 4) is 11.6 Å². The quantitative estimate of drug-likeness (QED) is 0.212. The van der Waals surface area contributed by atoms with Gasteiger partial charge < -0.3 is 29.7 Å². The lowest BCUT2D eigenvalue weighted by Crippen LogP contribution is -2.59. The van der Waals surface area contributed by atoms with Crippen molar-refractivity contribution in [2.24, 2.45) is 11.8 Å². The Morgan fingerprint density at radius 3 is 2.39 bits per heavy atom. The van der Waals surface area contributed by atoms with Gasteiger partial charge in [-0.25, -0.2) is 32.0 Å². The lowest BCUT2D eigenvalue weighted by Gasteiger charge is -2.28. The first-order valence-corrected chi connectivity index (χ1v) is 19.9. The second-order valence-corrected chi connectivity index (χ2v) is 17.7. The zero-order chi connectivity index (χ0) is 39.2. The third kappa shape index (κ3) is 8.03. The van der Waals surface area contributed by atoms with E-state index in [1.807, 2.05) is 4.72 Å². The van der Waals surface area contributed by atoms with Crippen LogP contribution in [0.25, 0.3) is 11.0 Å². The van der Waals surface area contributed by atoms with E-state index >= 15 is 0 Å². The van der Waals surface area contributed by atoms with Crippen molar-refractivity contribution in [1.82, 2.24) is 30.2 Å². The van der Waals surface area contributed by atoms with Crippen LogP contribution in [-0.4, -0.2) is 102 Å². The fraction of sp³-hybridized carbons (Fsp3) is 0.667. The molecule has 1 aromatic carbocycles. The fourth-order valence-electron chi connectivity index (χ4n) is 6.78. The van der Waals surface area contributed by atoms with Crippen molar-refractivity contribution in [2.75, 3.05) is 20.2 Å². The molecule has 18 heteroatoms. The number of hydrogen-bond acceptors (Lipinski definition) is 11. The Morgan fingerprint density at radius 2 is 1.78 bits per heavy atom. The Bertz CT molecular complexity index is 1920. The smallest absolute Gasteiger partial charge is 0.408 e. The maximum atomic E-state index is 14.2. The standard InChI is InChI=1S/C36H48F2N6O9S/c1-6-7-8-9-24-31(41-25-16-21(51-5)10-11-23(25)40-24)52-26-19-44(27(45)18-39-33(48)53-34(3)12-13-34)28(20(26)2)30(46)42-36(17-22(36)29(37)38)32(47)43-54(49,50)35(4)14-15-35/h10-11,16,20,22,26,28-29H,6-9,12-15,17-19H2,1-5H3,(H,39,48)(H,42,46)(H,43,47)/t20-,22+,26+,28+,36-/m1/s1. The Balaban J connectivity index is 1.28. The summed E-state index contributed by atoms with van der Waals surface area (Å²) in [6, 6.07) is 3.87. The number of nitrogens with one attached hydrogen (secondary N) is 3. The maximum absolute atomic E-state index is 14.2.